The molecule has 1 aliphatic heterocycles. The van der Waals surface area contributed by atoms with Gasteiger partial charge in [0.25, 0.3) is 11.8 Å². The van der Waals surface area contributed by atoms with Crippen molar-refractivity contribution in [3.05, 3.63) is 65.0 Å². The number of aryl methyl sites for hydroxylation is 1. The Morgan fingerprint density at radius 1 is 1.10 bits per heavy atom. The Balaban J connectivity index is 1.82. The summed E-state index contributed by atoms with van der Waals surface area (Å²) in [6.07, 6.45) is 1.18. The number of hydrogen-bond acceptors (Lipinski definition) is 6. The molecule has 0 saturated carbocycles. The molecule has 1 fully saturated rings. The zero-order chi connectivity index (χ0) is 22.8. The van der Waals surface area contributed by atoms with Crippen molar-refractivity contribution in [2.75, 3.05) is 12.8 Å². The number of esters is 1. The third-order valence-electron chi connectivity index (χ3n) is 5.08. The number of halogens is 1. The lowest BCUT2D eigenvalue weighted by atomic mass is 10.1. The SMILES string of the molecule is Cc1ccc(S(C)(=O)=O)cc1C(=O)OC1CCCCN(C(=O)c2ccc(F)cc2)C1=O. The van der Waals surface area contributed by atoms with E-state index in [1.54, 1.807) is 6.92 Å². The number of rotatable bonds is 4. The van der Waals surface area contributed by atoms with Crippen LogP contribution in [-0.2, 0) is 19.4 Å². The van der Waals surface area contributed by atoms with Crippen LogP contribution in [0.2, 0.25) is 0 Å². The highest BCUT2D eigenvalue weighted by molar-refractivity contribution is 7.90. The third-order valence-corrected chi connectivity index (χ3v) is 6.19. The first-order valence-electron chi connectivity index (χ1n) is 9.71. The summed E-state index contributed by atoms with van der Waals surface area (Å²) >= 11 is 0. The molecule has 2 amide bonds. The van der Waals surface area contributed by atoms with E-state index in [1.807, 2.05) is 0 Å². The minimum absolute atomic E-state index is 0.0367. The number of ether oxygens (including phenoxy) is 1. The number of nitrogens with zero attached hydrogens (tertiary/aromatic N) is 1. The molecule has 0 radical (unpaired) electrons. The zero-order valence-corrected chi connectivity index (χ0v) is 17.9. The Bertz CT molecular complexity index is 1130. The van der Waals surface area contributed by atoms with E-state index in [1.165, 1.54) is 30.3 Å². The second-order valence-corrected chi connectivity index (χ2v) is 9.46. The van der Waals surface area contributed by atoms with E-state index >= 15 is 0 Å². The number of amides is 2. The van der Waals surface area contributed by atoms with Crippen LogP contribution in [0.15, 0.2) is 47.4 Å². The maximum Gasteiger partial charge on any atom is 0.339 e. The average Bonchev–Trinajstić information content (AvgIpc) is 2.89. The van der Waals surface area contributed by atoms with E-state index in [0.717, 1.165) is 23.3 Å². The number of benzene rings is 2. The van der Waals surface area contributed by atoms with Crippen LogP contribution in [0, 0.1) is 12.7 Å². The number of imide groups is 1. The topological polar surface area (TPSA) is 97.8 Å². The highest BCUT2D eigenvalue weighted by atomic mass is 32.2. The summed E-state index contributed by atoms with van der Waals surface area (Å²) in [6, 6.07) is 8.94. The molecule has 1 saturated heterocycles. The molecule has 31 heavy (non-hydrogen) atoms. The van der Waals surface area contributed by atoms with Gasteiger partial charge in [0.1, 0.15) is 5.82 Å². The number of carbonyl (C=O) groups excluding carboxylic acids is 3. The Morgan fingerprint density at radius 3 is 2.42 bits per heavy atom. The molecular formula is C22H22FNO6S. The normalized spacial score (nSPS) is 17.2. The standard InChI is InChI=1S/C22H22FNO6S/c1-14-6-11-17(31(2,28)29)13-18(14)22(27)30-19-5-3-4-12-24(21(19)26)20(25)15-7-9-16(23)10-8-15/h6-11,13,19H,3-5,12H2,1-2H3. The predicted molar refractivity (Wildman–Crippen MR) is 110 cm³/mol. The van der Waals surface area contributed by atoms with Gasteiger partial charge in [0.05, 0.1) is 10.5 Å². The lowest BCUT2D eigenvalue weighted by Crippen LogP contribution is -2.43. The molecule has 0 aromatic heterocycles. The van der Waals surface area contributed by atoms with E-state index in [4.69, 9.17) is 4.74 Å². The van der Waals surface area contributed by atoms with Crippen molar-refractivity contribution in [2.45, 2.75) is 37.2 Å². The zero-order valence-electron chi connectivity index (χ0n) is 17.1. The lowest BCUT2D eigenvalue weighted by molar-refractivity contribution is -0.137. The van der Waals surface area contributed by atoms with E-state index in [-0.39, 0.29) is 29.0 Å². The molecule has 7 nitrogen and oxygen atoms in total. The molecular weight excluding hydrogens is 425 g/mol. The molecule has 0 spiro atoms. The predicted octanol–water partition coefficient (Wildman–Crippen LogP) is 2.92. The van der Waals surface area contributed by atoms with Gasteiger partial charge in [0, 0.05) is 18.4 Å². The molecule has 9 heteroatoms. The van der Waals surface area contributed by atoms with Crippen molar-refractivity contribution in [2.24, 2.45) is 0 Å². The summed E-state index contributed by atoms with van der Waals surface area (Å²) in [4.78, 5) is 39.4. The third kappa shape index (κ3) is 5.16. The fraction of sp³-hybridized carbons (Fsp3) is 0.318. The summed E-state index contributed by atoms with van der Waals surface area (Å²) in [5.74, 6) is -2.59. The fourth-order valence-corrected chi connectivity index (χ4v) is 3.96. The van der Waals surface area contributed by atoms with Gasteiger partial charge in [-0.15, -0.1) is 0 Å². The maximum absolute atomic E-state index is 13.1. The van der Waals surface area contributed by atoms with E-state index in [0.29, 0.717) is 18.4 Å². The van der Waals surface area contributed by atoms with Crippen LogP contribution >= 0.6 is 0 Å². The van der Waals surface area contributed by atoms with Crippen LogP contribution in [0.25, 0.3) is 0 Å². The van der Waals surface area contributed by atoms with Gasteiger partial charge < -0.3 is 4.74 Å². The van der Waals surface area contributed by atoms with Crippen molar-refractivity contribution in [1.29, 1.82) is 0 Å². The largest absolute Gasteiger partial charge is 0.449 e. The van der Waals surface area contributed by atoms with Gasteiger partial charge in [-0.25, -0.2) is 17.6 Å². The molecule has 0 aliphatic carbocycles. The fourth-order valence-electron chi connectivity index (χ4n) is 3.31. The van der Waals surface area contributed by atoms with Crippen LogP contribution < -0.4 is 0 Å². The molecule has 0 N–H and O–H groups in total. The monoisotopic (exact) mass is 447 g/mol. The Labute approximate surface area is 179 Å². The van der Waals surface area contributed by atoms with Crippen LogP contribution in [0.1, 0.15) is 45.5 Å². The van der Waals surface area contributed by atoms with Crippen molar-refractivity contribution in [1.82, 2.24) is 4.90 Å². The number of sulfone groups is 1. The summed E-state index contributed by atoms with van der Waals surface area (Å²) in [5.41, 5.74) is 0.688. The van der Waals surface area contributed by atoms with Crippen molar-refractivity contribution < 1.29 is 31.9 Å². The second kappa shape index (κ2) is 8.97. The van der Waals surface area contributed by atoms with Crippen molar-refractivity contribution >= 4 is 27.6 Å². The van der Waals surface area contributed by atoms with E-state index < -0.39 is 39.5 Å². The molecule has 1 heterocycles. The minimum Gasteiger partial charge on any atom is -0.449 e. The smallest absolute Gasteiger partial charge is 0.339 e. The van der Waals surface area contributed by atoms with Crippen LogP contribution in [0.4, 0.5) is 4.39 Å². The van der Waals surface area contributed by atoms with Gasteiger partial charge in [-0.05, 0) is 68.1 Å². The molecule has 164 valence electrons. The summed E-state index contributed by atoms with van der Waals surface area (Å²) in [7, 11) is -3.53. The average molecular weight is 447 g/mol. The lowest BCUT2D eigenvalue weighted by Gasteiger charge is -2.23. The summed E-state index contributed by atoms with van der Waals surface area (Å²) in [6.45, 7) is 1.79. The Morgan fingerprint density at radius 2 is 1.77 bits per heavy atom. The molecule has 2 aromatic rings. The van der Waals surface area contributed by atoms with Gasteiger partial charge in [-0.1, -0.05) is 6.07 Å². The van der Waals surface area contributed by atoms with Gasteiger partial charge in [0.2, 0.25) is 0 Å². The number of hydrogen-bond donors (Lipinski definition) is 0. The van der Waals surface area contributed by atoms with Crippen molar-refractivity contribution in [3.63, 3.8) is 0 Å². The Hall–Kier alpha value is -3.07. The van der Waals surface area contributed by atoms with Gasteiger partial charge in [-0.3, -0.25) is 14.5 Å². The van der Waals surface area contributed by atoms with Gasteiger partial charge in [-0.2, -0.15) is 0 Å². The van der Waals surface area contributed by atoms with Crippen LogP contribution in [-0.4, -0.2) is 50.0 Å². The van der Waals surface area contributed by atoms with Gasteiger partial charge in [0.15, 0.2) is 15.9 Å². The quantitative estimate of drug-likeness (QED) is 0.528. The van der Waals surface area contributed by atoms with Crippen molar-refractivity contribution in [3.8, 4) is 0 Å². The first-order valence-corrected chi connectivity index (χ1v) is 11.6. The molecule has 1 atom stereocenters. The van der Waals surface area contributed by atoms with E-state index in [9.17, 15) is 27.2 Å². The van der Waals surface area contributed by atoms with Crippen LogP contribution in [0.3, 0.4) is 0 Å². The highest BCUT2D eigenvalue weighted by Gasteiger charge is 2.34. The van der Waals surface area contributed by atoms with Gasteiger partial charge >= 0.3 is 5.97 Å². The first kappa shape index (κ1) is 22.6. The maximum atomic E-state index is 13.1. The molecule has 0 bridgehead atoms. The highest BCUT2D eigenvalue weighted by Crippen LogP contribution is 2.22. The molecule has 1 aliphatic rings. The van der Waals surface area contributed by atoms with Crippen LogP contribution in [0.5, 0.6) is 0 Å². The number of carbonyl (C=O) groups is 3. The van der Waals surface area contributed by atoms with E-state index in [2.05, 4.69) is 0 Å². The second-order valence-electron chi connectivity index (χ2n) is 7.44. The Kier molecular flexibility index (Phi) is 6.54. The minimum atomic E-state index is -3.53. The molecule has 2 aromatic carbocycles. The number of likely N-dealkylation sites (tertiary alicyclic amines) is 1. The summed E-state index contributed by atoms with van der Waals surface area (Å²) < 4.78 is 42.2. The molecule has 1 unspecified atom stereocenters. The first-order chi connectivity index (χ1) is 14.6. The molecule has 3 rings (SSSR count). The summed E-state index contributed by atoms with van der Waals surface area (Å²) in [5, 5.41) is 0.